The summed E-state index contributed by atoms with van der Waals surface area (Å²) in [7, 11) is -2.81. The fourth-order valence-electron chi connectivity index (χ4n) is 3.16. The summed E-state index contributed by atoms with van der Waals surface area (Å²) >= 11 is 6.21. The molecule has 8 nitrogen and oxygen atoms in total. The molecule has 1 saturated heterocycles. The first kappa shape index (κ1) is 22.4. The van der Waals surface area contributed by atoms with Crippen LogP contribution in [0.15, 0.2) is 41.4 Å². The van der Waals surface area contributed by atoms with Crippen LogP contribution in [-0.2, 0) is 10.4 Å². The Morgan fingerprint density at radius 1 is 1.10 bits per heavy atom. The normalized spacial score (nSPS) is 16.5. The zero-order valence-electron chi connectivity index (χ0n) is 16.0. The third-order valence-electron chi connectivity index (χ3n) is 4.56. The molecule has 2 aromatic carbocycles. The maximum absolute atomic E-state index is 10.9. The molecule has 0 aliphatic carbocycles. The van der Waals surface area contributed by atoms with Crippen LogP contribution in [0.1, 0.15) is 5.56 Å². The molecular formula is C18H17ClN3NaO5S. The maximum atomic E-state index is 10.9. The Labute approximate surface area is 196 Å². The summed E-state index contributed by atoms with van der Waals surface area (Å²) in [4.78, 5) is 9.17. The molecule has 1 fully saturated rings. The Hall–Kier alpha value is -1.33. The van der Waals surface area contributed by atoms with E-state index in [1.54, 1.807) is 24.3 Å². The number of hydrogen-bond donors (Lipinski definition) is 0. The average Bonchev–Trinajstić information content (AvgIpc) is 2.77. The minimum Gasteiger partial charge on any atom is -0.716 e. The molecule has 0 spiro atoms. The Bertz CT molecular complexity index is 1060. The second kappa shape index (κ2) is 8.81. The standard InChI is InChI=1S/C18H18ClN3O5S.Na/c1-21-6-8-22(9-7-21)18-14-10-12(19)2-5-16(14)26-17-11-13(27-28(23,24)25)3-4-15(17)20-18;/h2-5,10-11H,6-9H2,1H3,(H,23,24,25);/q;+1/p-1. The SMILES string of the molecule is CN1CCN(C2=Nc3ccc(OS(=O)(=O)[O-])cc3Oc3ccc(Cl)cc32)CC1.[Na+]. The van der Waals surface area contributed by atoms with Gasteiger partial charge in [-0.2, -0.15) is 0 Å². The Balaban J connectivity index is 0.00000240. The number of benzene rings is 2. The van der Waals surface area contributed by atoms with Crippen molar-refractivity contribution < 1.29 is 51.4 Å². The monoisotopic (exact) mass is 445 g/mol. The van der Waals surface area contributed by atoms with Gasteiger partial charge in [-0.25, -0.2) is 13.4 Å². The van der Waals surface area contributed by atoms with Gasteiger partial charge in [0.25, 0.3) is 10.4 Å². The van der Waals surface area contributed by atoms with Crippen LogP contribution in [0.5, 0.6) is 17.2 Å². The van der Waals surface area contributed by atoms with Crippen molar-refractivity contribution in [1.82, 2.24) is 9.80 Å². The summed E-state index contributed by atoms with van der Waals surface area (Å²) in [6.07, 6.45) is 0. The topological polar surface area (TPSA) is 94.5 Å². The molecule has 0 N–H and O–H groups in total. The number of amidine groups is 1. The summed E-state index contributed by atoms with van der Waals surface area (Å²) in [5.74, 6) is 1.41. The van der Waals surface area contributed by atoms with E-state index in [0.717, 1.165) is 37.6 Å². The van der Waals surface area contributed by atoms with Crippen molar-refractivity contribution in [2.75, 3.05) is 33.2 Å². The molecule has 0 unspecified atom stereocenters. The third-order valence-corrected chi connectivity index (χ3v) is 5.19. The van der Waals surface area contributed by atoms with E-state index in [-0.39, 0.29) is 41.1 Å². The van der Waals surface area contributed by atoms with Crippen molar-refractivity contribution in [3.05, 3.63) is 47.0 Å². The van der Waals surface area contributed by atoms with Gasteiger partial charge in [-0.3, -0.25) is 0 Å². The number of likely N-dealkylation sites (N-methyl/N-ethyl adjacent to an activating group) is 1. The van der Waals surface area contributed by atoms with Crippen molar-refractivity contribution in [1.29, 1.82) is 0 Å². The second-order valence-electron chi connectivity index (χ2n) is 6.59. The smallest absolute Gasteiger partial charge is 0.716 e. The fraction of sp³-hybridized carbons (Fsp3) is 0.278. The van der Waals surface area contributed by atoms with Crippen LogP contribution in [0, 0.1) is 0 Å². The van der Waals surface area contributed by atoms with Crippen LogP contribution in [0.4, 0.5) is 5.69 Å². The van der Waals surface area contributed by atoms with Crippen molar-refractivity contribution >= 4 is 33.5 Å². The maximum Gasteiger partial charge on any atom is 1.00 e. The predicted octanol–water partition coefficient (Wildman–Crippen LogP) is -0.386. The summed E-state index contributed by atoms with van der Waals surface area (Å²) < 4.78 is 43.0. The van der Waals surface area contributed by atoms with E-state index in [4.69, 9.17) is 21.3 Å². The van der Waals surface area contributed by atoms with Crippen molar-refractivity contribution in [2.45, 2.75) is 0 Å². The molecule has 11 heteroatoms. The average molecular weight is 446 g/mol. The zero-order valence-corrected chi connectivity index (χ0v) is 19.5. The first-order valence-electron chi connectivity index (χ1n) is 8.58. The summed E-state index contributed by atoms with van der Waals surface area (Å²) in [5.41, 5.74) is 1.24. The number of fused-ring (bicyclic) bond motifs is 2. The molecule has 2 aromatic rings. The van der Waals surface area contributed by atoms with Crippen LogP contribution < -0.4 is 38.5 Å². The van der Waals surface area contributed by atoms with E-state index in [9.17, 15) is 13.0 Å². The molecular weight excluding hydrogens is 429 g/mol. The Morgan fingerprint density at radius 3 is 2.52 bits per heavy atom. The molecule has 0 atom stereocenters. The number of rotatable bonds is 2. The van der Waals surface area contributed by atoms with Gasteiger partial charge in [-0.15, -0.1) is 0 Å². The van der Waals surface area contributed by atoms with Gasteiger partial charge in [-0.05, 0) is 37.4 Å². The van der Waals surface area contributed by atoms with E-state index in [0.29, 0.717) is 16.5 Å². The fourth-order valence-corrected chi connectivity index (χ4v) is 3.67. The van der Waals surface area contributed by atoms with Crippen LogP contribution in [0.25, 0.3) is 0 Å². The first-order chi connectivity index (χ1) is 13.3. The number of piperazine rings is 1. The van der Waals surface area contributed by atoms with E-state index in [1.807, 2.05) is 0 Å². The quantitative estimate of drug-likeness (QED) is 0.353. The summed E-state index contributed by atoms with van der Waals surface area (Å²) in [6, 6.07) is 9.48. The molecule has 2 heterocycles. The predicted molar refractivity (Wildman–Crippen MR) is 104 cm³/mol. The van der Waals surface area contributed by atoms with E-state index in [2.05, 4.69) is 21.0 Å². The first-order valence-corrected chi connectivity index (χ1v) is 10.3. The Kier molecular flexibility index (Phi) is 6.79. The van der Waals surface area contributed by atoms with Crippen LogP contribution >= 0.6 is 11.6 Å². The van der Waals surface area contributed by atoms with Gasteiger partial charge >= 0.3 is 29.6 Å². The number of nitrogens with zero attached hydrogens (tertiary/aromatic N) is 3. The molecule has 148 valence electrons. The van der Waals surface area contributed by atoms with Gasteiger partial charge in [0.2, 0.25) is 0 Å². The Morgan fingerprint density at radius 2 is 1.83 bits per heavy atom. The summed E-state index contributed by atoms with van der Waals surface area (Å²) in [6.45, 7) is 3.39. The number of halogens is 1. The molecule has 29 heavy (non-hydrogen) atoms. The third kappa shape index (κ3) is 5.24. The van der Waals surface area contributed by atoms with Gasteiger partial charge < -0.3 is 23.3 Å². The number of ether oxygens (including phenoxy) is 1. The molecule has 2 aliphatic rings. The zero-order chi connectivity index (χ0) is 19.9. The molecule has 0 saturated carbocycles. The molecule has 0 amide bonds. The molecule has 0 aromatic heterocycles. The van der Waals surface area contributed by atoms with E-state index in [1.165, 1.54) is 12.1 Å². The van der Waals surface area contributed by atoms with Gasteiger partial charge in [0.1, 0.15) is 23.0 Å². The minimum atomic E-state index is -4.88. The molecule has 2 aliphatic heterocycles. The van der Waals surface area contributed by atoms with Gasteiger partial charge in [-0.1, -0.05) is 11.6 Å². The largest absolute Gasteiger partial charge is 1.00 e. The molecule has 4 rings (SSSR count). The van der Waals surface area contributed by atoms with Gasteiger partial charge in [0, 0.05) is 37.3 Å². The minimum absolute atomic E-state index is 0. The molecule has 0 radical (unpaired) electrons. The molecule has 0 bridgehead atoms. The van der Waals surface area contributed by atoms with E-state index >= 15 is 0 Å². The second-order valence-corrected chi connectivity index (χ2v) is 8.01. The van der Waals surface area contributed by atoms with Crippen LogP contribution in [-0.4, -0.2) is 61.8 Å². The van der Waals surface area contributed by atoms with Gasteiger partial charge in [0.15, 0.2) is 5.75 Å². The van der Waals surface area contributed by atoms with Gasteiger partial charge in [0.05, 0.1) is 5.56 Å². The van der Waals surface area contributed by atoms with Crippen LogP contribution in [0.2, 0.25) is 5.02 Å². The van der Waals surface area contributed by atoms with Crippen molar-refractivity contribution in [2.24, 2.45) is 4.99 Å². The number of hydrogen-bond acceptors (Lipinski definition) is 8. The van der Waals surface area contributed by atoms with Crippen molar-refractivity contribution in [3.63, 3.8) is 0 Å². The number of aliphatic imine (C=N–C) groups is 1. The van der Waals surface area contributed by atoms with E-state index < -0.39 is 10.4 Å². The van der Waals surface area contributed by atoms with Crippen LogP contribution in [0.3, 0.4) is 0 Å². The van der Waals surface area contributed by atoms with Crippen molar-refractivity contribution in [3.8, 4) is 17.2 Å². The summed E-state index contributed by atoms with van der Waals surface area (Å²) in [5, 5.41) is 0.552.